The molecule has 90 valence electrons. The van der Waals surface area contributed by atoms with E-state index in [-0.39, 0.29) is 0 Å². The van der Waals surface area contributed by atoms with E-state index in [2.05, 4.69) is 18.3 Å². The molecule has 16 heavy (non-hydrogen) atoms. The van der Waals surface area contributed by atoms with Crippen LogP contribution >= 0.6 is 11.6 Å². The summed E-state index contributed by atoms with van der Waals surface area (Å²) in [7, 11) is 1.64. The highest BCUT2D eigenvalue weighted by molar-refractivity contribution is 6.32. The third-order valence-corrected chi connectivity index (χ3v) is 2.83. The molecule has 0 bridgehead atoms. The summed E-state index contributed by atoms with van der Waals surface area (Å²) in [4.78, 5) is 0. The van der Waals surface area contributed by atoms with E-state index in [1.807, 2.05) is 12.1 Å². The first-order valence-corrected chi connectivity index (χ1v) is 6.19. The van der Waals surface area contributed by atoms with Crippen molar-refractivity contribution in [3.8, 4) is 5.75 Å². The van der Waals surface area contributed by atoms with Gasteiger partial charge in [-0.1, -0.05) is 24.6 Å². The molecule has 0 atom stereocenters. The minimum absolute atomic E-state index is 0.701. The lowest BCUT2D eigenvalue weighted by atomic mass is 10.1. The number of nitrogens with one attached hydrogen (secondary N) is 1. The average Bonchev–Trinajstić information content (AvgIpc) is 2.29. The van der Waals surface area contributed by atoms with Gasteiger partial charge in [0.05, 0.1) is 12.1 Å². The second kappa shape index (κ2) is 7.53. The van der Waals surface area contributed by atoms with Crippen LogP contribution in [0.5, 0.6) is 5.75 Å². The molecule has 2 nitrogen and oxygen atoms in total. The standard InChI is InChI=1S/C13H20ClNO/c1-3-15-9-5-4-6-11-7-8-13(16-2)12(14)10-11/h7-8,10,15H,3-6,9H2,1-2H3. The van der Waals surface area contributed by atoms with Crippen molar-refractivity contribution in [3.05, 3.63) is 28.8 Å². The molecule has 0 aliphatic heterocycles. The van der Waals surface area contributed by atoms with Crippen molar-refractivity contribution in [3.63, 3.8) is 0 Å². The van der Waals surface area contributed by atoms with Crippen LogP contribution in [0.25, 0.3) is 0 Å². The van der Waals surface area contributed by atoms with Gasteiger partial charge in [0.25, 0.3) is 0 Å². The van der Waals surface area contributed by atoms with E-state index in [9.17, 15) is 0 Å². The highest BCUT2D eigenvalue weighted by Gasteiger charge is 2.01. The number of hydrogen-bond acceptors (Lipinski definition) is 2. The zero-order chi connectivity index (χ0) is 11.8. The molecular formula is C13H20ClNO. The Kier molecular flexibility index (Phi) is 6.27. The van der Waals surface area contributed by atoms with Gasteiger partial charge in [-0.05, 0) is 50.0 Å². The van der Waals surface area contributed by atoms with Crippen LogP contribution in [0.1, 0.15) is 25.3 Å². The molecule has 0 unspecified atom stereocenters. The summed E-state index contributed by atoms with van der Waals surface area (Å²) >= 11 is 6.05. The SMILES string of the molecule is CCNCCCCc1ccc(OC)c(Cl)c1. The lowest BCUT2D eigenvalue weighted by molar-refractivity contribution is 0.415. The van der Waals surface area contributed by atoms with Gasteiger partial charge in [0.2, 0.25) is 0 Å². The van der Waals surface area contributed by atoms with Gasteiger partial charge < -0.3 is 10.1 Å². The van der Waals surface area contributed by atoms with Crippen LogP contribution < -0.4 is 10.1 Å². The van der Waals surface area contributed by atoms with E-state index in [1.165, 1.54) is 18.4 Å². The molecule has 0 aromatic heterocycles. The Balaban J connectivity index is 2.34. The van der Waals surface area contributed by atoms with Gasteiger partial charge in [-0.15, -0.1) is 0 Å². The summed E-state index contributed by atoms with van der Waals surface area (Å²) in [5.41, 5.74) is 1.28. The predicted octanol–water partition coefficient (Wildman–Crippen LogP) is 3.28. The Morgan fingerprint density at radius 3 is 2.75 bits per heavy atom. The molecule has 3 heteroatoms. The number of ether oxygens (including phenoxy) is 1. The maximum atomic E-state index is 6.05. The summed E-state index contributed by atoms with van der Waals surface area (Å²) in [6.45, 7) is 4.28. The van der Waals surface area contributed by atoms with Crippen molar-refractivity contribution in [1.29, 1.82) is 0 Å². The van der Waals surface area contributed by atoms with E-state index < -0.39 is 0 Å². The van der Waals surface area contributed by atoms with Crippen LogP contribution in [-0.4, -0.2) is 20.2 Å². The number of benzene rings is 1. The van der Waals surface area contributed by atoms with E-state index in [0.29, 0.717) is 5.02 Å². The maximum Gasteiger partial charge on any atom is 0.137 e. The fourth-order valence-electron chi connectivity index (χ4n) is 1.62. The predicted molar refractivity (Wildman–Crippen MR) is 69.5 cm³/mol. The van der Waals surface area contributed by atoms with Gasteiger partial charge >= 0.3 is 0 Å². The zero-order valence-electron chi connectivity index (χ0n) is 10.1. The van der Waals surface area contributed by atoms with Gasteiger partial charge in [-0.2, -0.15) is 0 Å². The highest BCUT2D eigenvalue weighted by atomic mass is 35.5. The summed E-state index contributed by atoms with van der Waals surface area (Å²) in [6, 6.07) is 6.01. The first-order valence-electron chi connectivity index (χ1n) is 5.81. The van der Waals surface area contributed by atoms with Crippen molar-refractivity contribution in [2.24, 2.45) is 0 Å². The lowest BCUT2D eigenvalue weighted by Gasteiger charge is -2.06. The molecule has 1 N–H and O–H groups in total. The van der Waals surface area contributed by atoms with Gasteiger partial charge in [0, 0.05) is 0 Å². The Bertz CT molecular complexity index is 315. The molecule has 0 amide bonds. The Hall–Kier alpha value is -0.730. The van der Waals surface area contributed by atoms with E-state index in [1.54, 1.807) is 7.11 Å². The number of aryl methyl sites for hydroxylation is 1. The molecule has 0 radical (unpaired) electrons. The molecule has 1 aromatic rings. The Labute approximate surface area is 103 Å². The number of rotatable bonds is 7. The molecule has 0 aliphatic carbocycles. The minimum atomic E-state index is 0.701. The van der Waals surface area contributed by atoms with Crippen molar-refractivity contribution in [2.75, 3.05) is 20.2 Å². The monoisotopic (exact) mass is 241 g/mol. The molecule has 0 saturated carbocycles. The van der Waals surface area contributed by atoms with Crippen LogP contribution in [0.3, 0.4) is 0 Å². The van der Waals surface area contributed by atoms with Crippen molar-refractivity contribution < 1.29 is 4.74 Å². The lowest BCUT2D eigenvalue weighted by Crippen LogP contribution is -2.13. The van der Waals surface area contributed by atoms with Gasteiger partial charge in [-0.25, -0.2) is 0 Å². The number of halogens is 1. The molecule has 1 rings (SSSR count). The largest absolute Gasteiger partial charge is 0.495 e. The molecular weight excluding hydrogens is 222 g/mol. The molecule has 0 fully saturated rings. The number of methoxy groups -OCH3 is 1. The normalized spacial score (nSPS) is 10.4. The van der Waals surface area contributed by atoms with Gasteiger partial charge in [-0.3, -0.25) is 0 Å². The van der Waals surface area contributed by atoms with Crippen molar-refractivity contribution in [2.45, 2.75) is 26.2 Å². The third-order valence-electron chi connectivity index (χ3n) is 2.54. The first-order chi connectivity index (χ1) is 7.77. The van der Waals surface area contributed by atoms with E-state index >= 15 is 0 Å². The van der Waals surface area contributed by atoms with E-state index in [4.69, 9.17) is 16.3 Å². The fourth-order valence-corrected chi connectivity index (χ4v) is 1.90. The molecule has 1 aromatic carbocycles. The van der Waals surface area contributed by atoms with Crippen LogP contribution in [-0.2, 0) is 6.42 Å². The van der Waals surface area contributed by atoms with Crippen LogP contribution in [0.15, 0.2) is 18.2 Å². The molecule has 0 aliphatic rings. The highest BCUT2D eigenvalue weighted by Crippen LogP contribution is 2.25. The first kappa shape index (κ1) is 13.3. The topological polar surface area (TPSA) is 21.3 Å². The van der Waals surface area contributed by atoms with Crippen LogP contribution in [0, 0.1) is 0 Å². The zero-order valence-corrected chi connectivity index (χ0v) is 10.8. The van der Waals surface area contributed by atoms with E-state index in [0.717, 1.165) is 25.3 Å². The molecule has 0 spiro atoms. The summed E-state index contributed by atoms with van der Waals surface area (Å²) < 4.78 is 5.12. The minimum Gasteiger partial charge on any atom is -0.495 e. The smallest absolute Gasteiger partial charge is 0.137 e. The Morgan fingerprint density at radius 1 is 1.31 bits per heavy atom. The second-order valence-corrected chi connectivity index (χ2v) is 4.19. The fraction of sp³-hybridized carbons (Fsp3) is 0.538. The number of hydrogen-bond donors (Lipinski definition) is 1. The van der Waals surface area contributed by atoms with Crippen molar-refractivity contribution in [1.82, 2.24) is 5.32 Å². The quantitative estimate of drug-likeness (QED) is 0.740. The van der Waals surface area contributed by atoms with Crippen molar-refractivity contribution >= 4 is 11.6 Å². The Morgan fingerprint density at radius 2 is 2.12 bits per heavy atom. The summed E-state index contributed by atoms with van der Waals surface area (Å²) in [5.74, 6) is 0.748. The summed E-state index contributed by atoms with van der Waals surface area (Å²) in [5, 5.41) is 4.02. The molecule has 0 heterocycles. The van der Waals surface area contributed by atoms with Gasteiger partial charge in [0.1, 0.15) is 5.75 Å². The summed E-state index contributed by atoms with van der Waals surface area (Å²) in [6.07, 6.45) is 3.47. The second-order valence-electron chi connectivity index (χ2n) is 3.78. The molecule has 0 saturated heterocycles. The maximum absolute atomic E-state index is 6.05. The van der Waals surface area contributed by atoms with Crippen LogP contribution in [0.2, 0.25) is 5.02 Å². The average molecular weight is 242 g/mol. The third kappa shape index (κ3) is 4.42. The van der Waals surface area contributed by atoms with Gasteiger partial charge in [0.15, 0.2) is 0 Å². The number of unbranched alkanes of at least 4 members (excludes halogenated alkanes) is 1. The van der Waals surface area contributed by atoms with Crippen LogP contribution in [0.4, 0.5) is 0 Å².